The second-order valence-corrected chi connectivity index (χ2v) is 5.92. The molecule has 1 aromatic carbocycles. The molecule has 0 radical (unpaired) electrons. The quantitative estimate of drug-likeness (QED) is 0.860. The van der Waals surface area contributed by atoms with Crippen molar-refractivity contribution in [3.63, 3.8) is 0 Å². The molecule has 20 heavy (non-hydrogen) atoms. The fraction of sp³-hybridized carbons (Fsp3) is 0.400. The minimum Gasteiger partial charge on any atom is -0.395 e. The zero-order chi connectivity index (χ0) is 14.5. The van der Waals surface area contributed by atoms with Crippen molar-refractivity contribution in [1.29, 1.82) is 0 Å². The Morgan fingerprint density at radius 2 is 2.00 bits per heavy atom. The van der Waals surface area contributed by atoms with Crippen molar-refractivity contribution in [2.75, 3.05) is 6.61 Å². The van der Waals surface area contributed by atoms with Crippen LogP contribution in [0.25, 0.3) is 10.6 Å². The molecule has 0 unspecified atom stereocenters. The molecule has 2 N–H and O–H groups in total. The molecule has 2 aromatic rings. The average molecular weight is 294 g/mol. The molecule has 1 heterocycles. The van der Waals surface area contributed by atoms with E-state index in [1.165, 1.54) is 12.1 Å². The lowest BCUT2D eigenvalue weighted by atomic mass is 10.1. The van der Waals surface area contributed by atoms with Crippen molar-refractivity contribution in [3.8, 4) is 10.6 Å². The van der Waals surface area contributed by atoms with Gasteiger partial charge in [0.1, 0.15) is 10.8 Å². The van der Waals surface area contributed by atoms with Gasteiger partial charge in [-0.15, -0.1) is 11.3 Å². The molecule has 0 fully saturated rings. The molecule has 3 nitrogen and oxygen atoms in total. The van der Waals surface area contributed by atoms with Gasteiger partial charge in [-0.05, 0) is 30.2 Å². The molecule has 5 heteroatoms. The standard InChI is InChI=1S/C15H19FN2OS/c1-10(2)14(8-19)17-7-13-9-20-15(18-13)11-3-5-12(16)6-4-11/h3-6,9-10,14,17,19H,7-8H2,1-2H3/t14-/m1/s1. The van der Waals surface area contributed by atoms with Gasteiger partial charge < -0.3 is 10.4 Å². The van der Waals surface area contributed by atoms with E-state index in [0.29, 0.717) is 12.5 Å². The fourth-order valence-electron chi connectivity index (χ4n) is 1.86. The van der Waals surface area contributed by atoms with Crippen LogP contribution in [0.2, 0.25) is 0 Å². The lowest BCUT2D eigenvalue weighted by Gasteiger charge is -2.19. The molecule has 108 valence electrons. The van der Waals surface area contributed by atoms with Crippen molar-refractivity contribution < 1.29 is 9.50 Å². The average Bonchev–Trinajstić information content (AvgIpc) is 2.89. The van der Waals surface area contributed by atoms with Gasteiger partial charge in [0.05, 0.1) is 12.3 Å². The maximum Gasteiger partial charge on any atom is 0.123 e. The monoisotopic (exact) mass is 294 g/mol. The van der Waals surface area contributed by atoms with Crippen LogP contribution >= 0.6 is 11.3 Å². The van der Waals surface area contributed by atoms with Crippen LogP contribution in [0.3, 0.4) is 0 Å². The minimum atomic E-state index is -0.241. The van der Waals surface area contributed by atoms with Crippen LogP contribution in [-0.4, -0.2) is 22.7 Å². The lowest BCUT2D eigenvalue weighted by Crippen LogP contribution is -2.36. The highest BCUT2D eigenvalue weighted by Gasteiger charge is 2.12. The minimum absolute atomic E-state index is 0.0750. The van der Waals surface area contributed by atoms with E-state index in [0.717, 1.165) is 16.3 Å². The highest BCUT2D eigenvalue weighted by molar-refractivity contribution is 7.13. The van der Waals surface area contributed by atoms with E-state index in [-0.39, 0.29) is 18.5 Å². The largest absolute Gasteiger partial charge is 0.395 e. The summed E-state index contributed by atoms with van der Waals surface area (Å²) in [7, 11) is 0. The Morgan fingerprint density at radius 1 is 1.30 bits per heavy atom. The second-order valence-electron chi connectivity index (χ2n) is 5.06. The molecule has 0 aliphatic rings. The lowest BCUT2D eigenvalue weighted by molar-refractivity contribution is 0.210. The van der Waals surface area contributed by atoms with Crippen LogP contribution in [-0.2, 0) is 6.54 Å². The van der Waals surface area contributed by atoms with Crippen molar-refractivity contribution in [1.82, 2.24) is 10.3 Å². The Bertz CT molecular complexity index is 539. The maximum atomic E-state index is 12.9. The zero-order valence-electron chi connectivity index (χ0n) is 11.6. The summed E-state index contributed by atoms with van der Waals surface area (Å²) in [4.78, 5) is 4.53. The third-order valence-corrected chi connectivity index (χ3v) is 4.13. The Kier molecular flexibility index (Phi) is 5.23. The summed E-state index contributed by atoms with van der Waals surface area (Å²) in [6.45, 7) is 4.88. The number of aromatic nitrogens is 1. The summed E-state index contributed by atoms with van der Waals surface area (Å²) in [5, 5.41) is 15.4. The van der Waals surface area contributed by atoms with Crippen LogP contribution in [0.15, 0.2) is 29.6 Å². The van der Waals surface area contributed by atoms with Gasteiger partial charge in [0, 0.05) is 23.5 Å². The van der Waals surface area contributed by atoms with Gasteiger partial charge in [0.25, 0.3) is 0 Å². The Morgan fingerprint density at radius 3 is 2.60 bits per heavy atom. The number of benzene rings is 1. The number of halogens is 1. The third kappa shape index (κ3) is 3.85. The van der Waals surface area contributed by atoms with Gasteiger partial charge in [-0.1, -0.05) is 13.8 Å². The highest BCUT2D eigenvalue weighted by atomic mass is 32.1. The molecule has 0 spiro atoms. The maximum absolute atomic E-state index is 12.9. The number of thiazole rings is 1. The molecule has 0 bridgehead atoms. The normalized spacial score (nSPS) is 12.8. The molecular formula is C15H19FN2OS. The third-order valence-electron chi connectivity index (χ3n) is 3.19. The molecule has 1 atom stereocenters. The summed E-state index contributed by atoms with van der Waals surface area (Å²) in [6, 6.07) is 6.42. The second kappa shape index (κ2) is 6.92. The number of nitrogens with zero attached hydrogens (tertiary/aromatic N) is 1. The summed E-state index contributed by atoms with van der Waals surface area (Å²) in [6.07, 6.45) is 0. The fourth-order valence-corrected chi connectivity index (χ4v) is 2.69. The first-order chi connectivity index (χ1) is 9.60. The van der Waals surface area contributed by atoms with E-state index in [2.05, 4.69) is 24.1 Å². The molecule has 0 aliphatic heterocycles. The summed E-state index contributed by atoms with van der Waals surface area (Å²) >= 11 is 1.54. The van der Waals surface area contributed by atoms with E-state index < -0.39 is 0 Å². The zero-order valence-corrected chi connectivity index (χ0v) is 12.5. The SMILES string of the molecule is CC(C)[C@@H](CO)NCc1csc(-c2ccc(F)cc2)n1. The molecule has 0 aliphatic carbocycles. The number of aliphatic hydroxyl groups is 1. The smallest absolute Gasteiger partial charge is 0.123 e. The van der Waals surface area contributed by atoms with Crippen molar-refractivity contribution >= 4 is 11.3 Å². The number of nitrogens with one attached hydrogen (secondary N) is 1. The van der Waals surface area contributed by atoms with Crippen LogP contribution in [0.1, 0.15) is 19.5 Å². The number of hydrogen-bond donors (Lipinski definition) is 2. The Labute approximate surface area is 122 Å². The topological polar surface area (TPSA) is 45.1 Å². The molecule has 2 rings (SSSR count). The van der Waals surface area contributed by atoms with E-state index in [1.54, 1.807) is 23.5 Å². The van der Waals surface area contributed by atoms with E-state index in [9.17, 15) is 9.50 Å². The first-order valence-corrected chi connectivity index (χ1v) is 7.52. The first-order valence-electron chi connectivity index (χ1n) is 6.64. The van der Waals surface area contributed by atoms with Crippen molar-refractivity contribution in [2.45, 2.75) is 26.4 Å². The van der Waals surface area contributed by atoms with Gasteiger partial charge in [-0.25, -0.2) is 9.37 Å². The molecular weight excluding hydrogens is 275 g/mol. The molecule has 1 aromatic heterocycles. The number of rotatable bonds is 6. The first kappa shape index (κ1) is 15.1. The predicted octanol–water partition coefficient (Wildman–Crippen LogP) is 3.06. The van der Waals surface area contributed by atoms with E-state index in [1.807, 2.05) is 5.38 Å². The van der Waals surface area contributed by atoms with Gasteiger partial charge >= 0.3 is 0 Å². The summed E-state index contributed by atoms with van der Waals surface area (Å²) < 4.78 is 12.9. The van der Waals surface area contributed by atoms with E-state index >= 15 is 0 Å². The molecule has 0 saturated heterocycles. The summed E-state index contributed by atoms with van der Waals surface area (Å²) in [5.41, 5.74) is 1.86. The van der Waals surface area contributed by atoms with Gasteiger partial charge in [0.15, 0.2) is 0 Å². The Balaban J connectivity index is 2.00. The molecule has 0 saturated carbocycles. The van der Waals surface area contributed by atoms with Crippen LogP contribution in [0.4, 0.5) is 4.39 Å². The van der Waals surface area contributed by atoms with Gasteiger partial charge in [-0.2, -0.15) is 0 Å². The Hall–Kier alpha value is -1.30. The van der Waals surface area contributed by atoms with Gasteiger partial charge in [0.2, 0.25) is 0 Å². The highest BCUT2D eigenvalue weighted by Crippen LogP contribution is 2.23. The predicted molar refractivity (Wildman–Crippen MR) is 80.1 cm³/mol. The van der Waals surface area contributed by atoms with Gasteiger partial charge in [-0.3, -0.25) is 0 Å². The summed E-state index contributed by atoms with van der Waals surface area (Å²) in [5.74, 6) is 0.130. The van der Waals surface area contributed by atoms with Crippen LogP contribution in [0.5, 0.6) is 0 Å². The van der Waals surface area contributed by atoms with Crippen LogP contribution in [0, 0.1) is 11.7 Å². The van der Waals surface area contributed by atoms with E-state index in [4.69, 9.17) is 0 Å². The van der Waals surface area contributed by atoms with Crippen molar-refractivity contribution in [2.24, 2.45) is 5.92 Å². The molecule has 0 amide bonds. The number of hydrogen-bond acceptors (Lipinski definition) is 4. The van der Waals surface area contributed by atoms with Crippen molar-refractivity contribution in [3.05, 3.63) is 41.2 Å². The number of aliphatic hydroxyl groups excluding tert-OH is 1. The van der Waals surface area contributed by atoms with Crippen LogP contribution < -0.4 is 5.32 Å².